The molecule has 2 aliphatic rings. The van der Waals surface area contributed by atoms with Gasteiger partial charge in [0.25, 0.3) is 0 Å². The number of imidazole rings is 1. The van der Waals surface area contributed by atoms with Gasteiger partial charge in [-0.05, 0) is 35.7 Å². The fraction of sp³-hybridized carbons (Fsp3) is 0.286. The van der Waals surface area contributed by atoms with Crippen molar-refractivity contribution in [3.63, 3.8) is 0 Å². The van der Waals surface area contributed by atoms with Gasteiger partial charge in [0.05, 0.1) is 31.6 Å². The van der Waals surface area contributed by atoms with Gasteiger partial charge in [0.15, 0.2) is 0 Å². The topological polar surface area (TPSA) is 101 Å². The highest BCUT2D eigenvalue weighted by molar-refractivity contribution is 5.97. The summed E-state index contributed by atoms with van der Waals surface area (Å²) in [4.78, 5) is 50.4. The number of aromatic amines is 1. The molecular formula is C28H27N5O4. The highest BCUT2D eigenvalue weighted by atomic mass is 16.5. The lowest BCUT2D eigenvalue weighted by atomic mass is 9.86. The summed E-state index contributed by atoms with van der Waals surface area (Å²) in [6.07, 6.45) is 6.56. The zero-order valence-corrected chi connectivity index (χ0v) is 20.5. The van der Waals surface area contributed by atoms with E-state index < -0.39 is 18.1 Å². The van der Waals surface area contributed by atoms with Gasteiger partial charge in [-0.2, -0.15) is 0 Å². The number of fused-ring (bicyclic) bond motifs is 4. The molecule has 1 fully saturated rings. The number of esters is 1. The summed E-state index contributed by atoms with van der Waals surface area (Å²) in [6.45, 7) is 1.28. The molecule has 1 N–H and O–H groups in total. The Morgan fingerprint density at radius 2 is 1.92 bits per heavy atom. The largest absolute Gasteiger partial charge is 0.465 e. The first-order valence-electron chi connectivity index (χ1n) is 12.4. The van der Waals surface area contributed by atoms with Crippen molar-refractivity contribution in [3.05, 3.63) is 89.6 Å². The maximum Gasteiger partial charge on any atom is 0.337 e. The molecule has 0 spiro atoms. The standard InChI is InChI=1S/C28H27N5O4/c1-37-28(36)19-9-7-18(8-10-19)26-25-21(20-5-2-3-6-22(20)30-25)15-23-27(35)32(16-24(34)33(23)26)13-4-12-31-14-11-29-17-31/h2-3,5-11,14,17,23,26,30H,4,12-13,15-16H2,1H3/t23-,26-/m0/s1. The SMILES string of the molecule is COC(=O)c1ccc([C@H]2c3[nH]c4ccccc4c3C[C@H]3C(=O)N(CCCn4ccnc4)CC(=O)N23)cc1. The predicted molar refractivity (Wildman–Crippen MR) is 136 cm³/mol. The monoisotopic (exact) mass is 497 g/mol. The molecule has 9 nitrogen and oxygen atoms in total. The van der Waals surface area contributed by atoms with E-state index in [1.54, 1.807) is 34.5 Å². The van der Waals surface area contributed by atoms with Crippen LogP contribution in [-0.2, 0) is 27.3 Å². The second kappa shape index (κ2) is 9.24. The Bertz CT molecular complexity index is 1470. The van der Waals surface area contributed by atoms with Gasteiger partial charge in [0.2, 0.25) is 11.8 Å². The summed E-state index contributed by atoms with van der Waals surface area (Å²) in [5, 5.41) is 1.06. The van der Waals surface area contributed by atoms with Gasteiger partial charge in [-0.1, -0.05) is 30.3 Å². The van der Waals surface area contributed by atoms with Crippen LogP contribution in [0, 0.1) is 0 Å². The molecule has 0 saturated carbocycles. The number of para-hydroxylation sites is 1. The van der Waals surface area contributed by atoms with Crippen molar-refractivity contribution in [2.45, 2.75) is 31.5 Å². The van der Waals surface area contributed by atoms with E-state index in [0.717, 1.165) is 40.7 Å². The third-order valence-electron chi connectivity index (χ3n) is 7.39. The summed E-state index contributed by atoms with van der Waals surface area (Å²) in [7, 11) is 1.35. The molecule has 0 aliphatic carbocycles. The Morgan fingerprint density at radius 3 is 2.68 bits per heavy atom. The Labute approximate surface area is 213 Å². The van der Waals surface area contributed by atoms with Crippen molar-refractivity contribution in [3.8, 4) is 0 Å². The lowest BCUT2D eigenvalue weighted by Gasteiger charge is -2.47. The smallest absolute Gasteiger partial charge is 0.337 e. The molecule has 37 heavy (non-hydrogen) atoms. The van der Waals surface area contributed by atoms with Gasteiger partial charge in [-0.15, -0.1) is 0 Å². The van der Waals surface area contributed by atoms with Crippen molar-refractivity contribution >= 4 is 28.7 Å². The lowest BCUT2D eigenvalue weighted by molar-refractivity contribution is -0.158. The summed E-state index contributed by atoms with van der Waals surface area (Å²) >= 11 is 0. The normalized spacial score (nSPS) is 19.2. The minimum atomic E-state index is -0.591. The van der Waals surface area contributed by atoms with Gasteiger partial charge >= 0.3 is 5.97 Å². The highest BCUT2D eigenvalue weighted by Crippen LogP contribution is 2.42. The van der Waals surface area contributed by atoms with E-state index in [9.17, 15) is 14.4 Å². The number of aromatic nitrogens is 3. The number of piperazine rings is 1. The quantitative estimate of drug-likeness (QED) is 0.413. The summed E-state index contributed by atoms with van der Waals surface area (Å²) < 4.78 is 6.81. The number of hydrogen-bond donors (Lipinski definition) is 1. The van der Waals surface area contributed by atoms with Crippen LogP contribution in [0.2, 0.25) is 0 Å². The van der Waals surface area contributed by atoms with Gasteiger partial charge in [0, 0.05) is 48.5 Å². The fourth-order valence-corrected chi connectivity index (χ4v) is 5.64. The number of nitrogens with zero attached hydrogens (tertiary/aromatic N) is 4. The van der Waals surface area contributed by atoms with Crippen LogP contribution in [0.3, 0.4) is 0 Å². The molecule has 2 aromatic carbocycles. The number of amides is 2. The number of carbonyl (C=O) groups is 3. The lowest BCUT2D eigenvalue weighted by Crippen LogP contribution is -2.63. The first kappa shape index (κ1) is 23.0. The zero-order valence-electron chi connectivity index (χ0n) is 20.5. The van der Waals surface area contributed by atoms with Crippen LogP contribution in [-0.4, -0.2) is 68.4 Å². The van der Waals surface area contributed by atoms with Crippen molar-refractivity contribution in [1.82, 2.24) is 24.3 Å². The Balaban J connectivity index is 1.36. The summed E-state index contributed by atoms with van der Waals surface area (Å²) in [5.74, 6) is -0.536. The molecule has 4 heterocycles. The van der Waals surface area contributed by atoms with E-state index in [1.807, 2.05) is 41.1 Å². The minimum absolute atomic E-state index is 0.0302. The Hall–Kier alpha value is -4.40. The number of benzene rings is 2. The van der Waals surface area contributed by atoms with Crippen LogP contribution in [0.25, 0.3) is 10.9 Å². The molecule has 2 aliphatic heterocycles. The zero-order chi connectivity index (χ0) is 25.5. The number of methoxy groups -OCH3 is 1. The molecule has 2 atom stereocenters. The maximum absolute atomic E-state index is 13.8. The van der Waals surface area contributed by atoms with Crippen LogP contribution in [0.5, 0.6) is 0 Å². The van der Waals surface area contributed by atoms with Gasteiger partial charge in [0.1, 0.15) is 6.04 Å². The minimum Gasteiger partial charge on any atom is -0.465 e. The average molecular weight is 498 g/mol. The predicted octanol–water partition coefficient (Wildman–Crippen LogP) is 2.93. The van der Waals surface area contributed by atoms with Crippen LogP contribution in [0.1, 0.15) is 39.6 Å². The van der Waals surface area contributed by atoms with E-state index >= 15 is 0 Å². The Kier molecular flexibility index (Phi) is 5.75. The fourth-order valence-electron chi connectivity index (χ4n) is 5.64. The van der Waals surface area contributed by atoms with Crippen LogP contribution >= 0.6 is 0 Å². The van der Waals surface area contributed by atoms with E-state index in [4.69, 9.17) is 4.74 Å². The molecule has 2 aromatic heterocycles. The summed E-state index contributed by atoms with van der Waals surface area (Å²) in [6, 6.07) is 14.0. The van der Waals surface area contributed by atoms with Crippen molar-refractivity contribution in [1.29, 1.82) is 0 Å². The molecule has 6 rings (SSSR count). The Morgan fingerprint density at radius 1 is 1.11 bits per heavy atom. The van der Waals surface area contributed by atoms with Crippen LogP contribution in [0.4, 0.5) is 0 Å². The van der Waals surface area contributed by atoms with Crippen LogP contribution in [0.15, 0.2) is 67.3 Å². The molecule has 2 amide bonds. The van der Waals surface area contributed by atoms with Crippen LogP contribution < -0.4 is 0 Å². The third-order valence-corrected chi connectivity index (χ3v) is 7.39. The average Bonchev–Trinajstić information content (AvgIpc) is 3.58. The van der Waals surface area contributed by atoms with Crippen molar-refractivity contribution < 1.29 is 19.1 Å². The molecule has 1 saturated heterocycles. The van der Waals surface area contributed by atoms with E-state index in [2.05, 4.69) is 16.0 Å². The van der Waals surface area contributed by atoms with Crippen molar-refractivity contribution in [2.24, 2.45) is 0 Å². The number of nitrogens with one attached hydrogen (secondary N) is 1. The number of ether oxygens (including phenoxy) is 1. The number of rotatable bonds is 6. The molecule has 188 valence electrons. The number of H-pyrrole nitrogens is 1. The van der Waals surface area contributed by atoms with E-state index in [1.165, 1.54) is 7.11 Å². The molecular weight excluding hydrogens is 470 g/mol. The second-order valence-electron chi connectivity index (χ2n) is 9.51. The molecule has 0 radical (unpaired) electrons. The highest BCUT2D eigenvalue weighted by Gasteiger charge is 2.48. The van der Waals surface area contributed by atoms with Gasteiger partial charge in [-0.25, -0.2) is 9.78 Å². The summed E-state index contributed by atoms with van der Waals surface area (Å²) in [5.41, 5.74) is 4.21. The van der Waals surface area contributed by atoms with Gasteiger partial charge < -0.3 is 24.1 Å². The number of aryl methyl sites for hydroxylation is 1. The van der Waals surface area contributed by atoms with Gasteiger partial charge in [-0.3, -0.25) is 9.59 Å². The third kappa shape index (κ3) is 3.96. The van der Waals surface area contributed by atoms with E-state index in [0.29, 0.717) is 18.5 Å². The molecule has 4 aromatic rings. The molecule has 0 unspecified atom stereocenters. The molecule has 9 heteroatoms. The maximum atomic E-state index is 13.8. The first-order chi connectivity index (χ1) is 18.0. The first-order valence-corrected chi connectivity index (χ1v) is 12.4. The van der Waals surface area contributed by atoms with E-state index in [-0.39, 0.29) is 18.4 Å². The number of hydrogen-bond acceptors (Lipinski definition) is 5. The molecule has 0 bridgehead atoms. The van der Waals surface area contributed by atoms with Crippen molar-refractivity contribution in [2.75, 3.05) is 20.2 Å². The second-order valence-corrected chi connectivity index (χ2v) is 9.51. The number of carbonyl (C=O) groups excluding carboxylic acids is 3.